The van der Waals surface area contributed by atoms with Gasteiger partial charge in [0.25, 0.3) is 0 Å². The van der Waals surface area contributed by atoms with E-state index in [1.807, 2.05) is 24.3 Å². The molecule has 4 rings (SSSR count). The quantitative estimate of drug-likeness (QED) is 0.111. The van der Waals surface area contributed by atoms with Gasteiger partial charge in [-0.05, 0) is 75.9 Å². The van der Waals surface area contributed by atoms with Gasteiger partial charge < -0.3 is 50.7 Å². The van der Waals surface area contributed by atoms with Gasteiger partial charge in [0.2, 0.25) is 0 Å². The van der Waals surface area contributed by atoms with Crippen LogP contribution in [0.1, 0.15) is 38.5 Å². The minimum absolute atomic E-state index is 0.769. The first-order valence-electron chi connectivity index (χ1n) is 13.9. The summed E-state index contributed by atoms with van der Waals surface area (Å²) in [7, 11) is 0. The SMILES string of the molecule is O=C(O)[C@@H](O)[C@H](O)[C@H](O)[C@@H](O)C(=O)O.c1cncc(OCCCNC2CC2)c1.c1cncc(OCCCNC2CC2)c1. The van der Waals surface area contributed by atoms with Crippen molar-refractivity contribution in [2.75, 3.05) is 26.3 Å². The molecule has 234 valence electrons. The average molecular weight is 595 g/mol. The summed E-state index contributed by atoms with van der Waals surface area (Å²) in [6.07, 6.45) is 5.23. The number of pyridine rings is 2. The highest BCUT2D eigenvalue weighted by molar-refractivity contribution is 5.75. The number of nitrogens with zero attached hydrogens (tertiary/aromatic N) is 2. The van der Waals surface area contributed by atoms with Crippen LogP contribution in [0.4, 0.5) is 0 Å². The van der Waals surface area contributed by atoms with Gasteiger partial charge in [0.15, 0.2) is 12.2 Å². The summed E-state index contributed by atoms with van der Waals surface area (Å²) in [5, 5.41) is 58.3. The normalized spacial score (nSPS) is 16.8. The first kappa shape index (κ1) is 34.8. The van der Waals surface area contributed by atoms with Gasteiger partial charge in [0, 0.05) is 24.5 Å². The van der Waals surface area contributed by atoms with Gasteiger partial charge >= 0.3 is 11.9 Å². The number of aliphatic carboxylic acids is 2. The molecule has 0 aromatic carbocycles. The molecule has 2 fully saturated rings. The summed E-state index contributed by atoms with van der Waals surface area (Å²) in [6.45, 7) is 3.66. The molecule has 14 heteroatoms. The summed E-state index contributed by atoms with van der Waals surface area (Å²) in [5.74, 6) is -1.96. The van der Waals surface area contributed by atoms with E-state index in [9.17, 15) is 9.59 Å². The van der Waals surface area contributed by atoms with E-state index in [4.69, 9.17) is 40.1 Å². The molecule has 0 radical (unpaired) electrons. The number of rotatable bonds is 17. The van der Waals surface area contributed by atoms with Crippen molar-refractivity contribution in [1.29, 1.82) is 0 Å². The Morgan fingerprint density at radius 2 is 1.12 bits per heavy atom. The average Bonchev–Trinajstić information content (AvgIpc) is 3.93. The minimum atomic E-state index is -2.36. The highest BCUT2D eigenvalue weighted by Gasteiger charge is 2.37. The summed E-state index contributed by atoms with van der Waals surface area (Å²) >= 11 is 0. The highest BCUT2D eigenvalue weighted by atomic mass is 16.5. The lowest BCUT2D eigenvalue weighted by atomic mass is 10.0. The van der Waals surface area contributed by atoms with Gasteiger partial charge in [0.1, 0.15) is 23.7 Å². The molecule has 2 heterocycles. The predicted molar refractivity (Wildman–Crippen MR) is 150 cm³/mol. The fraction of sp³-hybridized carbons (Fsp3) is 0.571. The first-order chi connectivity index (χ1) is 20.2. The zero-order valence-corrected chi connectivity index (χ0v) is 23.4. The van der Waals surface area contributed by atoms with E-state index in [0.717, 1.165) is 62.7 Å². The van der Waals surface area contributed by atoms with Gasteiger partial charge in [-0.2, -0.15) is 0 Å². The number of hydrogen-bond acceptors (Lipinski definition) is 12. The van der Waals surface area contributed by atoms with Gasteiger partial charge in [-0.15, -0.1) is 0 Å². The monoisotopic (exact) mass is 594 g/mol. The van der Waals surface area contributed by atoms with Crippen LogP contribution in [0.2, 0.25) is 0 Å². The molecule has 0 spiro atoms. The number of aromatic nitrogens is 2. The van der Waals surface area contributed by atoms with Crippen LogP contribution >= 0.6 is 0 Å². The van der Waals surface area contributed by atoms with Crippen molar-refractivity contribution in [1.82, 2.24) is 20.6 Å². The van der Waals surface area contributed by atoms with Crippen LogP contribution in [0.15, 0.2) is 49.1 Å². The number of hydrogen-bond donors (Lipinski definition) is 8. The lowest BCUT2D eigenvalue weighted by Crippen LogP contribution is -2.49. The Balaban J connectivity index is 0.000000220. The standard InChI is InChI=1S/2C11H16N2O.C6H10O8/c2*1-3-11(9-12-6-1)14-8-2-7-13-10-4-5-10;7-1(3(9)5(11)12)2(8)4(10)6(13)14/h2*1,3,6,9-10,13H,2,4-5,7-8H2;1-4,7-10H,(H,11,12)(H,13,14)/t;;1-,2+,3+,4-. The summed E-state index contributed by atoms with van der Waals surface area (Å²) < 4.78 is 11.0. The molecule has 4 atom stereocenters. The van der Waals surface area contributed by atoms with Crippen LogP contribution in [0.5, 0.6) is 11.5 Å². The molecule has 8 N–H and O–H groups in total. The second-order valence-corrected chi connectivity index (χ2v) is 9.79. The summed E-state index contributed by atoms with van der Waals surface area (Å²) in [6, 6.07) is 9.24. The number of carboxylic acids is 2. The predicted octanol–water partition coefficient (Wildman–Crippen LogP) is -0.196. The maximum atomic E-state index is 10.1. The Morgan fingerprint density at radius 3 is 1.40 bits per heavy atom. The molecule has 0 unspecified atom stereocenters. The van der Waals surface area contributed by atoms with Crippen molar-refractivity contribution in [3.05, 3.63) is 49.1 Å². The van der Waals surface area contributed by atoms with Crippen LogP contribution in [0.3, 0.4) is 0 Å². The zero-order chi connectivity index (χ0) is 30.7. The smallest absolute Gasteiger partial charge is 0.335 e. The maximum Gasteiger partial charge on any atom is 0.335 e. The van der Waals surface area contributed by atoms with Crippen molar-refractivity contribution < 1.29 is 49.7 Å². The molecule has 2 aromatic heterocycles. The Labute approximate surface area is 244 Å². The molecule has 2 aromatic rings. The number of carboxylic acid groups (broad SMARTS) is 2. The van der Waals surface area contributed by atoms with E-state index in [2.05, 4.69) is 20.6 Å². The fourth-order valence-electron chi connectivity index (χ4n) is 3.24. The van der Waals surface area contributed by atoms with Crippen molar-refractivity contribution in [2.45, 2.75) is 75.0 Å². The number of carbonyl (C=O) groups is 2. The van der Waals surface area contributed by atoms with E-state index < -0.39 is 36.4 Å². The van der Waals surface area contributed by atoms with Crippen LogP contribution in [-0.4, -0.2) is 115 Å². The number of nitrogens with one attached hydrogen (secondary N) is 2. The Morgan fingerprint density at radius 1 is 0.738 bits per heavy atom. The maximum absolute atomic E-state index is 10.1. The third-order valence-corrected chi connectivity index (χ3v) is 5.97. The number of aliphatic hydroxyl groups is 4. The van der Waals surface area contributed by atoms with Crippen molar-refractivity contribution in [3.63, 3.8) is 0 Å². The lowest BCUT2D eigenvalue weighted by molar-refractivity contribution is -0.172. The molecule has 2 aliphatic rings. The second kappa shape index (κ2) is 19.7. The Hall–Kier alpha value is -3.40. The fourth-order valence-corrected chi connectivity index (χ4v) is 3.24. The molecular formula is C28H42N4O10. The molecule has 14 nitrogen and oxygen atoms in total. The molecule has 2 aliphatic carbocycles. The molecule has 0 saturated heterocycles. The highest BCUT2D eigenvalue weighted by Crippen LogP contribution is 2.18. The molecule has 2 saturated carbocycles. The largest absolute Gasteiger partial charge is 0.492 e. The van der Waals surface area contributed by atoms with Crippen LogP contribution in [0.25, 0.3) is 0 Å². The lowest BCUT2D eigenvalue weighted by Gasteiger charge is -2.21. The Bertz CT molecular complexity index is 931. The van der Waals surface area contributed by atoms with Crippen LogP contribution in [-0.2, 0) is 9.59 Å². The molecule has 42 heavy (non-hydrogen) atoms. The van der Waals surface area contributed by atoms with E-state index in [1.165, 1.54) is 25.7 Å². The van der Waals surface area contributed by atoms with Crippen molar-refractivity contribution in [2.24, 2.45) is 0 Å². The van der Waals surface area contributed by atoms with Crippen LogP contribution in [0, 0.1) is 0 Å². The molecule has 0 aliphatic heterocycles. The van der Waals surface area contributed by atoms with Crippen molar-refractivity contribution >= 4 is 11.9 Å². The summed E-state index contributed by atoms with van der Waals surface area (Å²) in [4.78, 5) is 28.1. The van der Waals surface area contributed by atoms with Gasteiger partial charge in [-0.3, -0.25) is 9.97 Å². The number of ether oxygens (including phenoxy) is 2. The van der Waals surface area contributed by atoms with Gasteiger partial charge in [-0.25, -0.2) is 9.59 Å². The van der Waals surface area contributed by atoms with Crippen molar-refractivity contribution in [3.8, 4) is 11.5 Å². The summed E-state index contributed by atoms with van der Waals surface area (Å²) in [5.41, 5.74) is 0. The minimum Gasteiger partial charge on any atom is -0.492 e. The molecule has 0 amide bonds. The van der Waals surface area contributed by atoms with Gasteiger partial charge in [0.05, 0.1) is 25.6 Å². The number of aliphatic hydroxyl groups excluding tert-OH is 4. The first-order valence-corrected chi connectivity index (χ1v) is 13.9. The van der Waals surface area contributed by atoms with E-state index in [0.29, 0.717) is 0 Å². The Kier molecular flexibility index (Phi) is 16.3. The van der Waals surface area contributed by atoms with Crippen LogP contribution < -0.4 is 20.1 Å². The molecule has 0 bridgehead atoms. The third-order valence-electron chi connectivity index (χ3n) is 5.97. The van der Waals surface area contributed by atoms with Gasteiger partial charge in [-0.1, -0.05) is 0 Å². The van der Waals surface area contributed by atoms with E-state index in [1.54, 1.807) is 24.8 Å². The molecular weight excluding hydrogens is 552 g/mol. The van der Waals surface area contributed by atoms with E-state index >= 15 is 0 Å². The van der Waals surface area contributed by atoms with E-state index in [-0.39, 0.29) is 0 Å². The third kappa shape index (κ3) is 15.6. The topological polar surface area (TPSA) is 224 Å². The zero-order valence-electron chi connectivity index (χ0n) is 23.4. The second-order valence-electron chi connectivity index (χ2n) is 9.79.